The maximum atomic E-state index is 14.1. The lowest BCUT2D eigenvalue weighted by Gasteiger charge is -2.21. The highest BCUT2D eigenvalue weighted by atomic mass is 32.2. The zero-order chi connectivity index (χ0) is 23.6. The third kappa shape index (κ3) is 8.53. The van der Waals surface area contributed by atoms with Crippen molar-refractivity contribution in [3.05, 3.63) is 59.4 Å². The average molecular weight is 460 g/mol. The number of hydrogen-bond donors (Lipinski definition) is 2. The number of rotatable bonds is 9. The predicted octanol–water partition coefficient (Wildman–Crippen LogP) is 6.40. The fraction of sp³-hybridized carbons (Fsp3) is 0.435. The van der Waals surface area contributed by atoms with Crippen LogP contribution in [0, 0.1) is 12.7 Å². The minimum Gasteiger partial charge on any atom is -0.480 e. The molecule has 0 amide bonds. The van der Waals surface area contributed by atoms with E-state index in [0.717, 1.165) is 5.56 Å². The zero-order valence-electron chi connectivity index (χ0n) is 17.9. The number of hydrogen-bond acceptors (Lipinski definition) is 3. The first-order chi connectivity index (χ1) is 14.6. The van der Waals surface area contributed by atoms with Crippen LogP contribution in [0.1, 0.15) is 43.7 Å². The number of benzene rings is 2. The largest absolute Gasteiger partial charge is 0.480 e. The summed E-state index contributed by atoms with van der Waals surface area (Å²) in [7, 11) is 0. The molecule has 2 aromatic carbocycles. The molecule has 2 unspecified atom stereocenters. The van der Waals surface area contributed by atoms with Crippen molar-refractivity contribution in [2.75, 3.05) is 11.5 Å². The van der Waals surface area contributed by atoms with Gasteiger partial charge in [-0.2, -0.15) is 24.9 Å². The highest BCUT2D eigenvalue weighted by molar-refractivity contribution is 7.99. The molecule has 0 saturated heterocycles. The number of alkyl halides is 3. The molecule has 2 atom stereocenters. The average Bonchev–Trinajstić information content (AvgIpc) is 2.71. The third-order valence-corrected chi connectivity index (χ3v) is 5.63. The van der Waals surface area contributed by atoms with Crippen LogP contribution in [0.3, 0.4) is 0 Å². The van der Waals surface area contributed by atoms with E-state index in [1.807, 2.05) is 13.8 Å². The Labute approximate surface area is 185 Å². The monoisotopic (exact) mass is 459 g/mol. The maximum absolute atomic E-state index is 14.1. The minimum absolute atomic E-state index is 0.122. The van der Waals surface area contributed by atoms with Gasteiger partial charge in [-0.25, -0.2) is 4.39 Å². The van der Waals surface area contributed by atoms with Gasteiger partial charge in [-0.05, 0) is 54.0 Å². The number of aryl methyl sites for hydroxylation is 1. The van der Waals surface area contributed by atoms with Crippen molar-refractivity contribution in [2.24, 2.45) is 5.73 Å². The number of carbonyl (C=O) groups is 1. The zero-order valence-corrected chi connectivity index (χ0v) is 18.7. The first-order valence-corrected chi connectivity index (χ1v) is 11.2. The second-order valence-electron chi connectivity index (χ2n) is 6.83. The smallest absolute Gasteiger partial charge is 0.395 e. The summed E-state index contributed by atoms with van der Waals surface area (Å²) in [6, 6.07) is 9.51. The predicted molar refractivity (Wildman–Crippen MR) is 119 cm³/mol. The molecular formula is C23H29F4NO2S. The highest BCUT2D eigenvalue weighted by Crippen LogP contribution is 2.39. The van der Waals surface area contributed by atoms with Crippen molar-refractivity contribution < 1.29 is 27.5 Å². The van der Waals surface area contributed by atoms with Gasteiger partial charge in [0.2, 0.25) is 0 Å². The van der Waals surface area contributed by atoms with E-state index >= 15 is 0 Å². The van der Waals surface area contributed by atoms with E-state index in [2.05, 4.69) is 0 Å². The van der Waals surface area contributed by atoms with Gasteiger partial charge in [-0.1, -0.05) is 50.2 Å². The highest BCUT2D eigenvalue weighted by Gasteiger charge is 2.40. The summed E-state index contributed by atoms with van der Waals surface area (Å²) >= 11 is 1.25. The number of carboxylic acids is 1. The number of thioether (sulfide) groups is 1. The van der Waals surface area contributed by atoms with E-state index in [1.54, 1.807) is 19.1 Å². The van der Waals surface area contributed by atoms with Crippen LogP contribution in [0.5, 0.6) is 0 Å². The molecule has 31 heavy (non-hydrogen) atoms. The quantitative estimate of drug-likeness (QED) is 0.336. The van der Waals surface area contributed by atoms with Gasteiger partial charge in [0.25, 0.3) is 0 Å². The Morgan fingerprint density at radius 2 is 1.65 bits per heavy atom. The molecule has 3 nitrogen and oxygen atoms in total. The van der Waals surface area contributed by atoms with Crippen LogP contribution >= 0.6 is 11.8 Å². The molecule has 0 bridgehead atoms. The Morgan fingerprint density at radius 1 is 1.06 bits per heavy atom. The number of carboxylic acid groups (broad SMARTS) is 1. The summed E-state index contributed by atoms with van der Waals surface area (Å²) in [5.41, 5.74) is 7.13. The summed E-state index contributed by atoms with van der Waals surface area (Å²) in [5.74, 6) is -2.57. The third-order valence-electron chi connectivity index (χ3n) is 4.59. The first kappa shape index (κ1) is 27.0. The van der Waals surface area contributed by atoms with E-state index in [4.69, 9.17) is 10.8 Å². The summed E-state index contributed by atoms with van der Waals surface area (Å²) in [6.45, 7) is 5.76. The Morgan fingerprint density at radius 3 is 2.16 bits per heavy atom. The van der Waals surface area contributed by atoms with E-state index in [1.165, 1.54) is 42.1 Å². The lowest BCUT2D eigenvalue weighted by Crippen LogP contribution is -2.30. The second-order valence-corrected chi connectivity index (χ2v) is 8.06. The molecule has 8 heteroatoms. The van der Waals surface area contributed by atoms with Crippen molar-refractivity contribution in [1.29, 1.82) is 0 Å². The summed E-state index contributed by atoms with van der Waals surface area (Å²) in [5, 5.41) is 8.71. The number of nitrogens with two attached hydrogens (primary N) is 1. The normalized spacial score (nSPS) is 13.2. The Kier molecular flexibility index (Phi) is 11.1. The van der Waals surface area contributed by atoms with Crippen molar-refractivity contribution >= 4 is 17.7 Å². The molecule has 0 heterocycles. The molecule has 0 radical (unpaired) electrons. The van der Waals surface area contributed by atoms with Crippen LogP contribution in [0.4, 0.5) is 17.6 Å². The molecule has 2 rings (SSSR count). The molecule has 2 aromatic rings. The lowest BCUT2D eigenvalue weighted by molar-refractivity contribution is -0.150. The van der Waals surface area contributed by atoms with Gasteiger partial charge in [0, 0.05) is 5.56 Å². The van der Waals surface area contributed by atoms with Crippen LogP contribution in [0.2, 0.25) is 0 Å². The second kappa shape index (κ2) is 12.7. The van der Waals surface area contributed by atoms with Gasteiger partial charge >= 0.3 is 12.1 Å². The fourth-order valence-electron chi connectivity index (χ4n) is 2.91. The molecule has 3 N–H and O–H groups in total. The minimum atomic E-state index is -4.41. The first-order valence-electron chi connectivity index (χ1n) is 10.1. The van der Waals surface area contributed by atoms with Gasteiger partial charge in [0.15, 0.2) is 0 Å². The van der Waals surface area contributed by atoms with Gasteiger partial charge in [0.05, 0.1) is 5.92 Å². The number of halogens is 4. The standard InChI is InChI=1S/C21H23F4NO2S.C2H6/c1-13-2-7-16(18(22)12-13)14-3-5-15(6-4-14)17(21(23,24)25)8-10-29-11-9-19(26)20(27)28;1-2/h2-7,12,17,19H,8-11,26H2,1H3,(H,27,28);1-2H3. The molecule has 0 aliphatic heterocycles. The van der Waals surface area contributed by atoms with E-state index < -0.39 is 29.9 Å². The Hall–Kier alpha value is -2.06. The van der Waals surface area contributed by atoms with Crippen molar-refractivity contribution in [3.63, 3.8) is 0 Å². The van der Waals surface area contributed by atoms with Crippen LogP contribution in [0.25, 0.3) is 11.1 Å². The molecule has 172 valence electrons. The van der Waals surface area contributed by atoms with Crippen molar-refractivity contribution in [2.45, 2.75) is 51.7 Å². The SMILES string of the molecule is CC.Cc1ccc(-c2ccc(C(CCSCCC(N)C(=O)O)C(F)(F)F)cc2)c(F)c1. The molecule has 0 fully saturated rings. The summed E-state index contributed by atoms with van der Waals surface area (Å²) in [6.07, 6.45) is -4.34. The molecule has 0 spiro atoms. The lowest BCUT2D eigenvalue weighted by atomic mass is 9.93. The molecule has 0 aliphatic rings. The van der Waals surface area contributed by atoms with Crippen molar-refractivity contribution in [1.82, 2.24) is 0 Å². The van der Waals surface area contributed by atoms with Gasteiger partial charge in [0.1, 0.15) is 11.9 Å². The van der Waals surface area contributed by atoms with Gasteiger partial charge in [-0.15, -0.1) is 0 Å². The molecule has 0 aliphatic carbocycles. The molecule has 0 saturated carbocycles. The summed E-state index contributed by atoms with van der Waals surface area (Å²) < 4.78 is 54.6. The van der Waals surface area contributed by atoms with Crippen LogP contribution < -0.4 is 5.73 Å². The maximum Gasteiger partial charge on any atom is 0.395 e. The molecule has 0 aromatic heterocycles. The Balaban J connectivity index is 0.00000233. The van der Waals surface area contributed by atoms with E-state index in [0.29, 0.717) is 16.9 Å². The van der Waals surface area contributed by atoms with Gasteiger partial charge in [-0.3, -0.25) is 4.79 Å². The van der Waals surface area contributed by atoms with Crippen molar-refractivity contribution in [3.8, 4) is 11.1 Å². The van der Waals surface area contributed by atoms with E-state index in [-0.39, 0.29) is 24.2 Å². The van der Waals surface area contributed by atoms with Crippen LogP contribution in [0.15, 0.2) is 42.5 Å². The van der Waals surface area contributed by atoms with Gasteiger partial charge < -0.3 is 10.8 Å². The fourth-order valence-corrected chi connectivity index (χ4v) is 3.93. The van der Waals surface area contributed by atoms with E-state index in [9.17, 15) is 22.4 Å². The number of aliphatic carboxylic acids is 1. The topological polar surface area (TPSA) is 63.3 Å². The summed E-state index contributed by atoms with van der Waals surface area (Å²) in [4.78, 5) is 10.6. The van der Waals surface area contributed by atoms with Crippen LogP contribution in [-0.2, 0) is 4.79 Å². The Bertz CT molecular complexity index is 825. The molecular weight excluding hydrogens is 430 g/mol. The van der Waals surface area contributed by atoms with Crippen LogP contribution in [-0.4, -0.2) is 34.8 Å².